The topological polar surface area (TPSA) is 36.1 Å². The molecule has 0 spiro atoms. The van der Waals surface area contributed by atoms with Gasteiger partial charge in [0.2, 0.25) is 0 Å². The van der Waals surface area contributed by atoms with Gasteiger partial charge in [0.1, 0.15) is 11.5 Å². The molecule has 1 amide bonds. The maximum Gasteiger partial charge on any atom is 0.270 e. The number of aromatic nitrogens is 1. The standard InChI is InChI=1S/C14H13F3N2O/c1-19(10-6-14(16,17)7-10)13(20)12-4-8-2-3-9(15)5-11(8)18-12/h2-5,10,18H,6-7H2,1H3. The molecule has 1 aliphatic carbocycles. The first-order valence-electron chi connectivity index (χ1n) is 6.29. The van der Waals surface area contributed by atoms with Crippen LogP contribution in [-0.4, -0.2) is 34.8 Å². The van der Waals surface area contributed by atoms with Crippen LogP contribution in [-0.2, 0) is 0 Å². The third kappa shape index (κ3) is 2.15. The third-order valence-corrected chi connectivity index (χ3v) is 3.75. The number of aromatic amines is 1. The smallest absolute Gasteiger partial charge is 0.270 e. The zero-order valence-electron chi connectivity index (χ0n) is 10.8. The number of carbonyl (C=O) groups excluding carboxylic acids is 1. The summed E-state index contributed by atoms with van der Waals surface area (Å²) in [5.41, 5.74) is 0.795. The number of amides is 1. The number of nitrogens with one attached hydrogen (secondary N) is 1. The Balaban J connectivity index is 1.82. The summed E-state index contributed by atoms with van der Waals surface area (Å²) in [6, 6.07) is 5.32. The predicted molar refractivity (Wildman–Crippen MR) is 68.3 cm³/mol. The first-order chi connectivity index (χ1) is 9.35. The minimum Gasteiger partial charge on any atom is -0.350 e. The van der Waals surface area contributed by atoms with Gasteiger partial charge in [0.15, 0.2) is 0 Å². The fraction of sp³-hybridized carbons (Fsp3) is 0.357. The molecule has 0 unspecified atom stereocenters. The van der Waals surface area contributed by atoms with E-state index in [9.17, 15) is 18.0 Å². The minimum absolute atomic E-state index is 0.281. The number of hydrogen-bond donors (Lipinski definition) is 1. The van der Waals surface area contributed by atoms with E-state index in [0.29, 0.717) is 10.9 Å². The van der Waals surface area contributed by atoms with E-state index in [1.165, 1.54) is 24.1 Å². The van der Waals surface area contributed by atoms with Crippen LogP contribution in [0.2, 0.25) is 0 Å². The van der Waals surface area contributed by atoms with Gasteiger partial charge in [-0.05, 0) is 24.3 Å². The van der Waals surface area contributed by atoms with Crippen LogP contribution in [0.5, 0.6) is 0 Å². The molecule has 2 aromatic rings. The molecular formula is C14H13F3N2O. The van der Waals surface area contributed by atoms with E-state index in [2.05, 4.69) is 4.98 Å². The molecule has 3 rings (SSSR count). The molecule has 0 saturated heterocycles. The Kier molecular flexibility index (Phi) is 2.77. The minimum atomic E-state index is -2.66. The summed E-state index contributed by atoms with van der Waals surface area (Å²) in [6.45, 7) is 0. The number of nitrogens with zero attached hydrogens (tertiary/aromatic N) is 1. The van der Waals surface area contributed by atoms with Crippen LogP contribution in [0, 0.1) is 5.82 Å². The van der Waals surface area contributed by atoms with Crippen molar-refractivity contribution in [3.63, 3.8) is 0 Å². The second-order valence-electron chi connectivity index (χ2n) is 5.25. The second kappa shape index (κ2) is 4.26. The van der Waals surface area contributed by atoms with Crippen LogP contribution in [0.3, 0.4) is 0 Å². The summed E-state index contributed by atoms with van der Waals surface area (Å²) in [5.74, 6) is -3.42. The normalized spacial score (nSPS) is 18.0. The number of rotatable bonds is 2. The van der Waals surface area contributed by atoms with Gasteiger partial charge in [0.25, 0.3) is 11.8 Å². The van der Waals surface area contributed by atoms with E-state index in [4.69, 9.17) is 0 Å². The molecule has 6 heteroatoms. The number of hydrogen-bond acceptors (Lipinski definition) is 1. The van der Waals surface area contributed by atoms with Crippen molar-refractivity contribution in [1.82, 2.24) is 9.88 Å². The van der Waals surface area contributed by atoms with Gasteiger partial charge in [-0.3, -0.25) is 4.79 Å². The Morgan fingerprint density at radius 2 is 2.05 bits per heavy atom. The van der Waals surface area contributed by atoms with Crippen LogP contribution >= 0.6 is 0 Å². The fourth-order valence-corrected chi connectivity index (χ4v) is 2.47. The van der Waals surface area contributed by atoms with Crippen LogP contribution in [0.4, 0.5) is 13.2 Å². The highest BCUT2D eigenvalue weighted by molar-refractivity contribution is 5.98. The lowest BCUT2D eigenvalue weighted by atomic mass is 9.87. The van der Waals surface area contributed by atoms with E-state index in [-0.39, 0.29) is 24.4 Å². The highest BCUT2D eigenvalue weighted by Crippen LogP contribution is 2.40. The molecule has 0 aliphatic heterocycles. The first kappa shape index (κ1) is 13.0. The van der Waals surface area contributed by atoms with Gasteiger partial charge in [-0.15, -0.1) is 0 Å². The molecule has 1 aliphatic rings. The molecule has 0 atom stereocenters. The van der Waals surface area contributed by atoms with Gasteiger partial charge in [-0.2, -0.15) is 0 Å². The highest BCUT2D eigenvalue weighted by atomic mass is 19.3. The second-order valence-corrected chi connectivity index (χ2v) is 5.25. The first-order valence-corrected chi connectivity index (χ1v) is 6.29. The summed E-state index contributed by atoms with van der Waals surface area (Å²) < 4.78 is 38.8. The Hall–Kier alpha value is -1.98. The predicted octanol–water partition coefficient (Wildman–Crippen LogP) is 3.18. The van der Waals surface area contributed by atoms with Crippen molar-refractivity contribution in [1.29, 1.82) is 0 Å². The average molecular weight is 282 g/mol. The van der Waals surface area contributed by atoms with Gasteiger partial charge in [-0.25, -0.2) is 13.2 Å². The number of halogens is 3. The molecule has 1 fully saturated rings. The molecule has 20 heavy (non-hydrogen) atoms. The van der Waals surface area contributed by atoms with Crippen molar-refractivity contribution in [2.45, 2.75) is 24.8 Å². The maximum absolute atomic E-state index is 13.1. The molecule has 3 nitrogen and oxygen atoms in total. The molecule has 1 heterocycles. The van der Waals surface area contributed by atoms with Gasteiger partial charge < -0.3 is 9.88 Å². The fourth-order valence-electron chi connectivity index (χ4n) is 2.47. The van der Waals surface area contributed by atoms with Crippen molar-refractivity contribution < 1.29 is 18.0 Å². The van der Waals surface area contributed by atoms with Crippen molar-refractivity contribution in [2.75, 3.05) is 7.05 Å². The van der Waals surface area contributed by atoms with Gasteiger partial charge >= 0.3 is 0 Å². The van der Waals surface area contributed by atoms with Crippen molar-refractivity contribution in [3.05, 3.63) is 35.8 Å². The zero-order chi connectivity index (χ0) is 14.5. The van der Waals surface area contributed by atoms with E-state index in [1.807, 2.05) is 0 Å². The van der Waals surface area contributed by atoms with Crippen molar-refractivity contribution >= 4 is 16.8 Å². The number of benzene rings is 1. The molecule has 1 aromatic carbocycles. The summed E-state index contributed by atoms with van der Waals surface area (Å²) in [4.78, 5) is 16.3. The van der Waals surface area contributed by atoms with E-state index < -0.39 is 17.8 Å². The number of carbonyl (C=O) groups is 1. The van der Waals surface area contributed by atoms with E-state index >= 15 is 0 Å². The monoisotopic (exact) mass is 282 g/mol. The lowest BCUT2D eigenvalue weighted by molar-refractivity contribution is -0.112. The maximum atomic E-state index is 13.1. The lowest BCUT2D eigenvalue weighted by Gasteiger charge is -2.40. The molecule has 106 valence electrons. The van der Waals surface area contributed by atoms with E-state index in [0.717, 1.165) is 0 Å². The number of alkyl halides is 2. The SMILES string of the molecule is CN(C(=O)c1cc2ccc(F)cc2[nH]1)C1CC(F)(F)C1. The molecule has 0 radical (unpaired) electrons. The zero-order valence-corrected chi connectivity index (χ0v) is 10.8. The van der Waals surface area contributed by atoms with Gasteiger partial charge in [-0.1, -0.05) is 0 Å². The van der Waals surface area contributed by atoms with E-state index in [1.54, 1.807) is 12.1 Å². The number of fused-ring (bicyclic) bond motifs is 1. The Morgan fingerprint density at radius 3 is 2.70 bits per heavy atom. The average Bonchev–Trinajstić information content (AvgIpc) is 2.76. The molecular weight excluding hydrogens is 269 g/mol. The van der Waals surface area contributed by atoms with Crippen LogP contribution in [0.1, 0.15) is 23.3 Å². The van der Waals surface area contributed by atoms with Gasteiger partial charge in [0.05, 0.1) is 0 Å². The Morgan fingerprint density at radius 1 is 1.35 bits per heavy atom. The molecule has 1 N–H and O–H groups in total. The summed E-state index contributed by atoms with van der Waals surface area (Å²) in [6.07, 6.45) is -0.603. The molecule has 1 saturated carbocycles. The van der Waals surface area contributed by atoms with Crippen molar-refractivity contribution in [2.24, 2.45) is 0 Å². The lowest BCUT2D eigenvalue weighted by Crippen LogP contribution is -2.51. The number of H-pyrrole nitrogens is 1. The van der Waals surface area contributed by atoms with Crippen molar-refractivity contribution in [3.8, 4) is 0 Å². The van der Waals surface area contributed by atoms with Crippen LogP contribution in [0.15, 0.2) is 24.3 Å². The third-order valence-electron chi connectivity index (χ3n) is 3.75. The summed E-state index contributed by atoms with van der Waals surface area (Å²) in [5, 5.41) is 0.710. The summed E-state index contributed by atoms with van der Waals surface area (Å²) in [7, 11) is 1.51. The molecule has 1 aromatic heterocycles. The molecule has 0 bridgehead atoms. The van der Waals surface area contributed by atoms with Gasteiger partial charge in [0, 0.05) is 36.8 Å². The van der Waals surface area contributed by atoms with Crippen LogP contribution < -0.4 is 0 Å². The highest BCUT2D eigenvalue weighted by Gasteiger charge is 2.48. The van der Waals surface area contributed by atoms with Crippen LogP contribution in [0.25, 0.3) is 10.9 Å². The Bertz CT molecular complexity index is 672. The summed E-state index contributed by atoms with van der Waals surface area (Å²) >= 11 is 0. The Labute approximate surface area is 113 Å². The largest absolute Gasteiger partial charge is 0.350 e. The quantitative estimate of drug-likeness (QED) is 0.902.